The van der Waals surface area contributed by atoms with Gasteiger partial charge in [0.05, 0.1) is 30.4 Å². The van der Waals surface area contributed by atoms with E-state index in [9.17, 15) is 13.2 Å². The van der Waals surface area contributed by atoms with Crippen molar-refractivity contribution in [1.82, 2.24) is 14.8 Å². The molecule has 1 saturated heterocycles. The minimum atomic E-state index is -3.03. The number of carbonyl (C=O) groups is 1. The lowest BCUT2D eigenvalue weighted by molar-refractivity contribution is 0.102. The van der Waals surface area contributed by atoms with Crippen molar-refractivity contribution in [2.24, 2.45) is 0 Å². The SMILES string of the molecule is COc1ccc(-c2csc(NC(=O)c3cc(C4CC4)n(C4CCS(=O)(=O)C4)n3)n2)cc1. The van der Waals surface area contributed by atoms with Crippen LogP contribution in [0.4, 0.5) is 5.13 Å². The first kappa shape index (κ1) is 20.2. The third-order valence-electron chi connectivity index (χ3n) is 5.66. The minimum absolute atomic E-state index is 0.0904. The summed E-state index contributed by atoms with van der Waals surface area (Å²) >= 11 is 1.34. The van der Waals surface area contributed by atoms with Gasteiger partial charge in [-0.05, 0) is 49.6 Å². The number of thiazole rings is 1. The molecule has 0 spiro atoms. The van der Waals surface area contributed by atoms with E-state index in [1.807, 2.05) is 29.6 Å². The van der Waals surface area contributed by atoms with Gasteiger partial charge in [-0.25, -0.2) is 13.4 Å². The quantitative estimate of drug-likeness (QED) is 0.606. The topological polar surface area (TPSA) is 103 Å². The molecule has 1 saturated carbocycles. The van der Waals surface area contributed by atoms with E-state index in [-0.39, 0.29) is 23.5 Å². The maximum Gasteiger partial charge on any atom is 0.277 e. The van der Waals surface area contributed by atoms with Crippen molar-refractivity contribution in [2.75, 3.05) is 23.9 Å². The Labute approximate surface area is 184 Å². The van der Waals surface area contributed by atoms with Crippen molar-refractivity contribution in [1.29, 1.82) is 0 Å². The highest BCUT2D eigenvalue weighted by Gasteiger charge is 2.36. The molecule has 0 bridgehead atoms. The van der Waals surface area contributed by atoms with Crippen molar-refractivity contribution in [3.05, 3.63) is 47.1 Å². The molecule has 1 aliphatic heterocycles. The fourth-order valence-electron chi connectivity index (χ4n) is 3.85. The number of ether oxygens (including phenoxy) is 1. The lowest BCUT2D eigenvalue weighted by Crippen LogP contribution is -2.17. The molecule has 1 atom stereocenters. The number of nitrogens with zero attached hydrogens (tertiary/aromatic N) is 3. The number of methoxy groups -OCH3 is 1. The number of anilines is 1. The molecule has 0 radical (unpaired) electrons. The molecule has 2 aromatic heterocycles. The van der Waals surface area contributed by atoms with E-state index >= 15 is 0 Å². The Hall–Kier alpha value is -2.72. The number of nitrogens with one attached hydrogen (secondary N) is 1. The van der Waals surface area contributed by atoms with Crippen LogP contribution in [0.2, 0.25) is 0 Å². The number of hydrogen-bond acceptors (Lipinski definition) is 7. The molecule has 1 unspecified atom stereocenters. The van der Waals surface area contributed by atoms with Gasteiger partial charge in [-0.2, -0.15) is 5.10 Å². The Morgan fingerprint density at radius 2 is 2.00 bits per heavy atom. The maximum absolute atomic E-state index is 12.8. The zero-order chi connectivity index (χ0) is 21.6. The van der Waals surface area contributed by atoms with Crippen LogP contribution in [0.5, 0.6) is 5.75 Å². The second-order valence-electron chi connectivity index (χ2n) is 7.95. The van der Waals surface area contributed by atoms with Gasteiger partial charge in [-0.15, -0.1) is 11.3 Å². The smallest absolute Gasteiger partial charge is 0.277 e. The van der Waals surface area contributed by atoms with Crippen LogP contribution in [0.15, 0.2) is 35.7 Å². The molecule has 1 aliphatic carbocycles. The summed E-state index contributed by atoms with van der Waals surface area (Å²) in [5, 5.41) is 9.70. The van der Waals surface area contributed by atoms with Crippen molar-refractivity contribution in [3.8, 4) is 17.0 Å². The summed E-state index contributed by atoms with van der Waals surface area (Å²) in [4.78, 5) is 17.3. The highest BCUT2D eigenvalue weighted by atomic mass is 32.2. The normalized spacial score (nSPS) is 20.0. The average molecular weight is 459 g/mol. The van der Waals surface area contributed by atoms with Gasteiger partial charge in [0.2, 0.25) is 0 Å². The lowest BCUT2D eigenvalue weighted by atomic mass is 10.2. The summed E-state index contributed by atoms with van der Waals surface area (Å²) in [5.74, 6) is 1.06. The van der Waals surface area contributed by atoms with Gasteiger partial charge in [-0.3, -0.25) is 14.8 Å². The Kier molecular flexibility index (Phi) is 5.05. The van der Waals surface area contributed by atoms with E-state index in [2.05, 4.69) is 15.4 Å². The highest BCUT2D eigenvalue weighted by Crippen LogP contribution is 2.42. The molecule has 1 N–H and O–H groups in total. The van der Waals surface area contributed by atoms with E-state index in [0.717, 1.165) is 35.5 Å². The first-order valence-corrected chi connectivity index (χ1v) is 12.8. The van der Waals surface area contributed by atoms with Crippen LogP contribution >= 0.6 is 11.3 Å². The van der Waals surface area contributed by atoms with Gasteiger partial charge in [0.25, 0.3) is 5.91 Å². The number of carbonyl (C=O) groups excluding carboxylic acids is 1. The molecule has 31 heavy (non-hydrogen) atoms. The van der Waals surface area contributed by atoms with E-state index < -0.39 is 9.84 Å². The first-order valence-electron chi connectivity index (χ1n) is 10.1. The van der Waals surface area contributed by atoms with Crippen LogP contribution in [0.1, 0.15) is 47.4 Å². The summed E-state index contributed by atoms with van der Waals surface area (Å²) < 4.78 is 30.8. The number of benzene rings is 1. The van der Waals surface area contributed by atoms with Gasteiger partial charge >= 0.3 is 0 Å². The molecule has 3 aromatic rings. The summed E-state index contributed by atoms with van der Waals surface area (Å²) in [6, 6.07) is 9.17. The fraction of sp³-hybridized carbons (Fsp3) is 0.381. The second kappa shape index (κ2) is 7.76. The highest BCUT2D eigenvalue weighted by molar-refractivity contribution is 7.91. The molecule has 1 amide bonds. The Balaban J connectivity index is 1.34. The minimum Gasteiger partial charge on any atom is -0.497 e. The first-order chi connectivity index (χ1) is 14.9. The standard InChI is InChI=1S/C21H22N4O4S2/c1-29-16-6-4-13(5-7-16)18-11-30-21(22-18)23-20(26)17-10-19(14-2-3-14)25(24-17)15-8-9-31(27,28)12-15/h4-7,10-11,14-15H,2-3,8-9,12H2,1H3,(H,22,23,26). The van der Waals surface area contributed by atoms with Gasteiger partial charge < -0.3 is 4.74 Å². The van der Waals surface area contributed by atoms with Crippen molar-refractivity contribution in [3.63, 3.8) is 0 Å². The van der Waals surface area contributed by atoms with Crippen LogP contribution in [-0.2, 0) is 9.84 Å². The number of hydrogen-bond donors (Lipinski definition) is 1. The number of rotatable bonds is 6. The fourth-order valence-corrected chi connectivity index (χ4v) is 6.26. The van der Waals surface area contributed by atoms with Crippen LogP contribution in [0.25, 0.3) is 11.3 Å². The second-order valence-corrected chi connectivity index (χ2v) is 11.0. The predicted molar refractivity (Wildman–Crippen MR) is 119 cm³/mol. The predicted octanol–water partition coefficient (Wildman–Crippen LogP) is 3.50. The van der Waals surface area contributed by atoms with E-state index in [1.54, 1.807) is 17.9 Å². The van der Waals surface area contributed by atoms with Crippen LogP contribution in [-0.4, -0.2) is 47.7 Å². The summed E-state index contributed by atoms with van der Waals surface area (Å²) in [5.41, 5.74) is 2.96. The molecule has 5 rings (SSSR count). The van der Waals surface area contributed by atoms with Gasteiger partial charge in [0, 0.05) is 22.6 Å². The summed E-state index contributed by atoms with van der Waals surface area (Å²) in [6.45, 7) is 0. The van der Waals surface area contributed by atoms with Gasteiger partial charge in [0.1, 0.15) is 5.75 Å². The van der Waals surface area contributed by atoms with Crippen LogP contribution in [0.3, 0.4) is 0 Å². The molecule has 2 aliphatic rings. The van der Waals surface area contributed by atoms with Gasteiger partial charge in [0.15, 0.2) is 20.7 Å². The Morgan fingerprint density at radius 1 is 1.23 bits per heavy atom. The Bertz CT molecular complexity index is 1230. The lowest BCUT2D eigenvalue weighted by Gasteiger charge is -2.12. The third-order valence-corrected chi connectivity index (χ3v) is 8.17. The average Bonchev–Trinajstić information content (AvgIpc) is 3.17. The molecule has 2 fully saturated rings. The summed E-state index contributed by atoms with van der Waals surface area (Å²) in [7, 11) is -1.41. The van der Waals surface area contributed by atoms with E-state index in [1.165, 1.54) is 11.3 Å². The largest absolute Gasteiger partial charge is 0.497 e. The molecule has 162 valence electrons. The van der Waals surface area contributed by atoms with Crippen molar-refractivity contribution in [2.45, 2.75) is 31.2 Å². The Morgan fingerprint density at radius 3 is 2.65 bits per heavy atom. The maximum atomic E-state index is 12.8. The zero-order valence-electron chi connectivity index (χ0n) is 16.9. The van der Waals surface area contributed by atoms with Crippen LogP contribution in [0, 0.1) is 0 Å². The molecular weight excluding hydrogens is 436 g/mol. The molecule has 3 heterocycles. The zero-order valence-corrected chi connectivity index (χ0v) is 18.6. The van der Waals surface area contributed by atoms with E-state index in [4.69, 9.17) is 4.74 Å². The third kappa shape index (κ3) is 4.22. The van der Waals surface area contributed by atoms with Crippen molar-refractivity contribution < 1.29 is 17.9 Å². The monoisotopic (exact) mass is 458 g/mol. The van der Waals surface area contributed by atoms with Gasteiger partial charge in [-0.1, -0.05) is 0 Å². The van der Waals surface area contributed by atoms with E-state index in [0.29, 0.717) is 23.2 Å². The number of aromatic nitrogens is 3. The molecular formula is C21H22N4O4S2. The molecule has 8 nitrogen and oxygen atoms in total. The molecule has 1 aromatic carbocycles. The summed E-state index contributed by atoms with van der Waals surface area (Å²) in [6.07, 6.45) is 2.64. The van der Waals surface area contributed by atoms with Crippen molar-refractivity contribution >= 4 is 32.2 Å². The number of sulfone groups is 1. The number of amides is 1. The molecule has 10 heteroatoms. The van der Waals surface area contributed by atoms with Crippen LogP contribution < -0.4 is 10.1 Å².